The minimum absolute atomic E-state index is 0.00742. The number of hydrogen-bond donors (Lipinski definition) is 3. The topological polar surface area (TPSA) is 73.8 Å². The van der Waals surface area contributed by atoms with Crippen LogP contribution in [0.5, 0.6) is 11.5 Å². The van der Waals surface area contributed by atoms with Gasteiger partial charge in [0.2, 0.25) is 5.91 Å². The standard InChI is InChI=1S/C13H19N3O3/c1-19-10-2-3-11(12(17)8-10)15-13(18)9-16-6-4-14-5-7-16/h2-3,8,14,17H,4-7,9H2,1H3,(H,15,18). The fraction of sp³-hybridized carbons (Fsp3) is 0.462. The first-order valence-corrected chi connectivity index (χ1v) is 6.29. The fourth-order valence-corrected chi connectivity index (χ4v) is 2.01. The van der Waals surface area contributed by atoms with Gasteiger partial charge in [0.05, 0.1) is 19.3 Å². The molecule has 1 aromatic rings. The van der Waals surface area contributed by atoms with Crippen LogP contribution >= 0.6 is 0 Å². The molecule has 1 saturated heterocycles. The second kappa shape index (κ2) is 6.40. The Hall–Kier alpha value is -1.79. The van der Waals surface area contributed by atoms with Crippen LogP contribution in [0.25, 0.3) is 0 Å². The Bertz CT molecular complexity index is 445. The van der Waals surface area contributed by atoms with Crippen molar-refractivity contribution in [1.82, 2.24) is 10.2 Å². The first-order chi connectivity index (χ1) is 9.19. The number of piperazine rings is 1. The summed E-state index contributed by atoms with van der Waals surface area (Å²) >= 11 is 0. The second-order valence-electron chi connectivity index (χ2n) is 4.46. The number of benzene rings is 1. The molecule has 0 unspecified atom stereocenters. The molecular formula is C13H19N3O3. The Labute approximate surface area is 112 Å². The van der Waals surface area contributed by atoms with E-state index >= 15 is 0 Å². The lowest BCUT2D eigenvalue weighted by atomic mass is 10.2. The van der Waals surface area contributed by atoms with E-state index in [1.54, 1.807) is 12.1 Å². The van der Waals surface area contributed by atoms with E-state index in [0.717, 1.165) is 26.2 Å². The highest BCUT2D eigenvalue weighted by Gasteiger charge is 2.14. The van der Waals surface area contributed by atoms with Gasteiger partial charge >= 0.3 is 0 Å². The normalized spacial score (nSPS) is 16.1. The average molecular weight is 265 g/mol. The molecule has 0 saturated carbocycles. The van der Waals surface area contributed by atoms with Crippen LogP contribution in [0.4, 0.5) is 5.69 Å². The highest BCUT2D eigenvalue weighted by atomic mass is 16.5. The number of aromatic hydroxyl groups is 1. The van der Waals surface area contributed by atoms with Crippen molar-refractivity contribution in [2.24, 2.45) is 0 Å². The summed E-state index contributed by atoms with van der Waals surface area (Å²) in [4.78, 5) is 13.9. The zero-order valence-electron chi connectivity index (χ0n) is 11.0. The molecule has 1 amide bonds. The number of rotatable bonds is 4. The van der Waals surface area contributed by atoms with Crippen molar-refractivity contribution in [2.45, 2.75) is 0 Å². The van der Waals surface area contributed by atoms with E-state index in [0.29, 0.717) is 18.0 Å². The Morgan fingerprint density at radius 2 is 2.21 bits per heavy atom. The maximum Gasteiger partial charge on any atom is 0.238 e. The van der Waals surface area contributed by atoms with Crippen LogP contribution in [0.15, 0.2) is 18.2 Å². The molecular weight excluding hydrogens is 246 g/mol. The van der Waals surface area contributed by atoms with Crippen LogP contribution in [0.1, 0.15) is 0 Å². The monoisotopic (exact) mass is 265 g/mol. The number of nitrogens with zero attached hydrogens (tertiary/aromatic N) is 1. The second-order valence-corrected chi connectivity index (χ2v) is 4.46. The number of anilines is 1. The van der Waals surface area contributed by atoms with Crippen LogP contribution in [-0.4, -0.2) is 55.7 Å². The van der Waals surface area contributed by atoms with Crippen LogP contribution in [0, 0.1) is 0 Å². The zero-order valence-corrected chi connectivity index (χ0v) is 11.0. The van der Waals surface area contributed by atoms with Crippen molar-refractivity contribution in [2.75, 3.05) is 45.2 Å². The van der Waals surface area contributed by atoms with Gasteiger partial charge in [-0.3, -0.25) is 9.69 Å². The molecule has 1 heterocycles. The maximum atomic E-state index is 11.9. The maximum absolute atomic E-state index is 11.9. The van der Waals surface area contributed by atoms with Crippen molar-refractivity contribution >= 4 is 11.6 Å². The third-order valence-electron chi connectivity index (χ3n) is 3.06. The highest BCUT2D eigenvalue weighted by Crippen LogP contribution is 2.27. The van der Waals surface area contributed by atoms with Crippen LogP contribution in [0.3, 0.4) is 0 Å². The molecule has 0 radical (unpaired) electrons. The molecule has 2 rings (SSSR count). The lowest BCUT2D eigenvalue weighted by Gasteiger charge is -2.26. The average Bonchev–Trinajstić information content (AvgIpc) is 2.42. The molecule has 0 bridgehead atoms. The molecule has 3 N–H and O–H groups in total. The largest absolute Gasteiger partial charge is 0.506 e. The van der Waals surface area contributed by atoms with E-state index in [2.05, 4.69) is 15.5 Å². The molecule has 0 aromatic heterocycles. The van der Waals surface area contributed by atoms with Crippen molar-refractivity contribution in [1.29, 1.82) is 0 Å². The van der Waals surface area contributed by atoms with Gasteiger partial charge in [-0.25, -0.2) is 0 Å². The number of phenols is 1. The Kier molecular flexibility index (Phi) is 4.59. The van der Waals surface area contributed by atoms with Crippen molar-refractivity contribution < 1.29 is 14.6 Å². The summed E-state index contributed by atoms with van der Waals surface area (Å²) in [5, 5.41) is 15.7. The molecule has 1 aliphatic rings. The quantitative estimate of drug-likeness (QED) is 0.680. The van der Waals surface area contributed by atoms with Crippen LogP contribution in [-0.2, 0) is 4.79 Å². The summed E-state index contributed by atoms with van der Waals surface area (Å²) in [5.41, 5.74) is 0.404. The molecule has 1 aliphatic heterocycles. The molecule has 1 aromatic carbocycles. The van der Waals surface area contributed by atoms with E-state index in [9.17, 15) is 9.90 Å². The molecule has 1 fully saturated rings. The van der Waals surface area contributed by atoms with E-state index in [1.165, 1.54) is 13.2 Å². The first kappa shape index (κ1) is 13.6. The molecule has 6 heteroatoms. The molecule has 104 valence electrons. The van der Waals surface area contributed by atoms with Gasteiger partial charge in [0.25, 0.3) is 0 Å². The smallest absolute Gasteiger partial charge is 0.238 e. The summed E-state index contributed by atoms with van der Waals surface area (Å²) in [7, 11) is 1.53. The number of methoxy groups -OCH3 is 1. The molecule has 6 nitrogen and oxygen atoms in total. The Morgan fingerprint density at radius 1 is 1.47 bits per heavy atom. The Morgan fingerprint density at radius 3 is 2.84 bits per heavy atom. The fourth-order valence-electron chi connectivity index (χ4n) is 2.01. The van der Waals surface area contributed by atoms with Gasteiger partial charge in [-0.15, -0.1) is 0 Å². The van der Waals surface area contributed by atoms with E-state index in [4.69, 9.17) is 4.74 Å². The van der Waals surface area contributed by atoms with Gasteiger partial charge in [-0.2, -0.15) is 0 Å². The third-order valence-corrected chi connectivity index (χ3v) is 3.06. The predicted molar refractivity (Wildman–Crippen MR) is 72.6 cm³/mol. The lowest BCUT2D eigenvalue weighted by molar-refractivity contribution is -0.117. The van der Waals surface area contributed by atoms with Crippen molar-refractivity contribution in [3.8, 4) is 11.5 Å². The van der Waals surface area contributed by atoms with Crippen LogP contribution in [0.2, 0.25) is 0 Å². The van der Waals surface area contributed by atoms with Gasteiger partial charge in [0, 0.05) is 32.2 Å². The summed E-state index contributed by atoms with van der Waals surface area (Å²) < 4.78 is 4.99. The molecule has 0 aliphatic carbocycles. The molecule has 0 spiro atoms. The number of amides is 1. The number of ether oxygens (including phenoxy) is 1. The zero-order chi connectivity index (χ0) is 13.7. The highest BCUT2D eigenvalue weighted by molar-refractivity contribution is 5.93. The minimum atomic E-state index is -0.123. The number of carbonyl (C=O) groups excluding carboxylic acids is 1. The van der Waals surface area contributed by atoms with E-state index < -0.39 is 0 Å². The number of nitrogens with one attached hydrogen (secondary N) is 2. The van der Waals surface area contributed by atoms with Gasteiger partial charge in [0.15, 0.2) is 0 Å². The predicted octanol–water partition coefficient (Wildman–Crippen LogP) is 0.244. The molecule has 0 atom stereocenters. The number of hydrogen-bond acceptors (Lipinski definition) is 5. The van der Waals surface area contributed by atoms with E-state index in [1.807, 2.05) is 0 Å². The number of carbonyl (C=O) groups is 1. The summed E-state index contributed by atoms with van der Waals surface area (Å²) in [5.74, 6) is 0.438. The van der Waals surface area contributed by atoms with Crippen LogP contribution < -0.4 is 15.4 Å². The van der Waals surface area contributed by atoms with Gasteiger partial charge < -0.3 is 20.5 Å². The van der Waals surface area contributed by atoms with Gasteiger partial charge in [-0.05, 0) is 12.1 Å². The number of phenolic OH excluding ortho intramolecular Hbond substituents is 1. The van der Waals surface area contributed by atoms with Gasteiger partial charge in [0.1, 0.15) is 11.5 Å². The summed E-state index contributed by atoms with van der Waals surface area (Å²) in [6.45, 7) is 3.87. The van der Waals surface area contributed by atoms with Gasteiger partial charge in [-0.1, -0.05) is 0 Å². The third kappa shape index (κ3) is 3.84. The Balaban J connectivity index is 1.91. The molecule has 19 heavy (non-hydrogen) atoms. The first-order valence-electron chi connectivity index (χ1n) is 6.29. The summed E-state index contributed by atoms with van der Waals surface area (Å²) in [6.07, 6.45) is 0. The van der Waals surface area contributed by atoms with Crippen molar-refractivity contribution in [3.05, 3.63) is 18.2 Å². The van der Waals surface area contributed by atoms with E-state index in [-0.39, 0.29) is 11.7 Å². The lowest BCUT2D eigenvalue weighted by Crippen LogP contribution is -2.46. The summed E-state index contributed by atoms with van der Waals surface area (Å²) in [6, 6.07) is 4.80. The SMILES string of the molecule is COc1ccc(NC(=O)CN2CCNCC2)c(O)c1. The van der Waals surface area contributed by atoms with Crippen molar-refractivity contribution in [3.63, 3.8) is 0 Å². The minimum Gasteiger partial charge on any atom is -0.506 e.